The molecule has 0 unspecified atom stereocenters. The average molecular weight is 515 g/mol. The van der Waals surface area contributed by atoms with Crippen LogP contribution in [0.3, 0.4) is 0 Å². The Labute approximate surface area is 204 Å². The number of nitrogens with one attached hydrogen (secondary N) is 2. The number of thiazole rings is 1. The first-order valence-electron chi connectivity index (χ1n) is 10.6. The first-order chi connectivity index (χ1) is 16.8. The molecule has 2 aromatic carbocycles. The van der Waals surface area contributed by atoms with Crippen molar-refractivity contribution < 1.29 is 22.7 Å². The van der Waals surface area contributed by atoms with E-state index in [1.165, 1.54) is 17.5 Å². The summed E-state index contributed by atoms with van der Waals surface area (Å²) in [5.74, 6) is -3.16. The van der Waals surface area contributed by atoms with Gasteiger partial charge in [0.25, 0.3) is 0 Å². The van der Waals surface area contributed by atoms with E-state index in [9.17, 15) is 18.3 Å². The minimum absolute atomic E-state index is 0.0166. The maximum atomic E-state index is 15.2. The van der Waals surface area contributed by atoms with Crippen molar-refractivity contribution in [3.63, 3.8) is 0 Å². The van der Waals surface area contributed by atoms with Crippen LogP contribution in [-0.4, -0.2) is 35.6 Å². The Hall–Kier alpha value is -3.38. The van der Waals surface area contributed by atoms with Crippen molar-refractivity contribution in [2.45, 2.75) is 13.3 Å². The van der Waals surface area contributed by atoms with Crippen molar-refractivity contribution in [1.29, 1.82) is 0 Å². The minimum Gasteiger partial charge on any atom is -0.345 e. The number of rotatable bonds is 7. The average Bonchev–Trinajstić information content (AvgIpc) is 3.46. The van der Waals surface area contributed by atoms with Crippen LogP contribution in [0, 0.1) is 11.6 Å². The van der Waals surface area contributed by atoms with Crippen molar-refractivity contribution in [2.24, 2.45) is 0 Å². The third-order valence-electron chi connectivity index (χ3n) is 5.52. The number of fused-ring (bicyclic) bond motifs is 2. The van der Waals surface area contributed by atoms with Gasteiger partial charge < -0.3 is 4.98 Å². The molecule has 3 aromatic heterocycles. The molecular weight excluding hydrogens is 494 g/mol. The number of anilines is 1. The monoisotopic (exact) mass is 514 g/mol. The van der Waals surface area contributed by atoms with E-state index >= 15 is 4.39 Å². The molecule has 0 bridgehead atoms. The highest BCUT2D eigenvalue weighted by Crippen LogP contribution is 2.41. The van der Waals surface area contributed by atoms with Gasteiger partial charge in [0, 0.05) is 28.9 Å². The van der Waals surface area contributed by atoms with Crippen molar-refractivity contribution in [2.75, 3.05) is 10.5 Å². The van der Waals surface area contributed by atoms with Crippen LogP contribution in [0.4, 0.5) is 14.5 Å². The Balaban J connectivity index is 1.56. The standard InChI is InChI=1S/C24H20F2N4O3S2/c1-2-7-35(32,33)30-19-6-4-17(25)21(22(19)26)23(31)16-11-28-24-15(16)8-14(10-27-24)13-3-5-18-20(9-13)34-12-29-18/h3-6,8-12,30,32-33H,2,7H2,1H3,(H,27,28). The lowest BCUT2D eigenvalue weighted by Gasteiger charge is -2.33. The number of aromatic amines is 1. The first-order valence-corrected chi connectivity index (χ1v) is 13.2. The summed E-state index contributed by atoms with van der Waals surface area (Å²) in [6, 6.07) is 9.44. The second kappa shape index (κ2) is 9.00. The van der Waals surface area contributed by atoms with Gasteiger partial charge in [-0.05, 0) is 42.3 Å². The normalized spacial score (nSPS) is 12.4. The summed E-state index contributed by atoms with van der Waals surface area (Å²) in [6.45, 7) is 1.74. The second-order valence-electron chi connectivity index (χ2n) is 7.94. The van der Waals surface area contributed by atoms with Crippen LogP contribution in [0.15, 0.2) is 54.3 Å². The SMILES string of the molecule is CCCS(O)(O)Nc1ccc(F)c(C(=O)c2c[nH]c3ncc(-c4ccc5ncsc5c4)cc23)c1F. The molecule has 0 aliphatic rings. The molecule has 11 heteroatoms. The molecule has 0 saturated heterocycles. The molecule has 35 heavy (non-hydrogen) atoms. The number of benzene rings is 2. The lowest BCUT2D eigenvalue weighted by molar-refractivity contribution is 0.103. The van der Waals surface area contributed by atoms with E-state index in [2.05, 4.69) is 19.7 Å². The van der Waals surface area contributed by atoms with Gasteiger partial charge in [0.05, 0.1) is 32.7 Å². The van der Waals surface area contributed by atoms with E-state index in [1.807, 2.05) is 18.2 Å². The molecule has 0 atom stereocenters. The molecule has 0 spiro atoms. The number of halogens is 2. The Morgan fingerprint density at radius 3 is 2.77 bits per heavy atom. The fourth-order valence-corrected chi connectivity index (χ4v) is 5.77. The number of carbonyl (C=O) groups excluding carboxylic acids is 1. The molecule has 180 valence electrons. The lowest BCUT2D eigenvalue weighted by Crippen LogP contribution is -2.16. The zero-order valence-electron chi connectivity index (χ0n) is 18.4. The van der Waals surface area contributed by atoms with Gasteiger partial charge >= 0.3 is 0 Å². The molecule has 4 N–H and O–H groups in total. The van der Waals surface area contributed by atoms with Crippen LogP contribution in [0.25, 0.3) is 32.4 Å². The maximum absolute atomic E-state index is 15.2. The molecule has 0 fully saturated rings. The highest BCUT2D eigenvalue weighted by Gasteiger charge is 2.26. The number of hydrogen-bond donors (Lipinski definition) is 4. The number of carbonyl (C=O) groups is 1. The van der Waals surface area contributed by atoms with E-state index < -0.39 is 33.8 Å². The fraction of sp³-hybridized carbons (Fsp3) is 0.125. The predicted octanol–water partition coefficient (Wildman–Crippen LogP) is 6.84. The summed E-state index contributed by atoms with van der Waals surface area (Å²) in [5, 5.41) is 0.407. The fourth-order valence-electron chi connectivity index (χ4n) is 3.87. The number of hydrogen-bond acceptors (Lipinski definition) is 7. The third kappa shape index (κ3) is 4.39. The van der Waals surface area contributed by atoms with E-state index in [-0.39, 0.29) is 17.0 Å². The highest BCUT2D eigenvalue weighted by molar-refractivity contribution is 8.25. The molecule has 3 heterocycles. The molecular formula is C24H20F2N4O3S2. The zero-order valence-corrected chi connectivity index (χ0v) is 20.0. The summed E-state index contributed by atoms with van der Waals surface area (Å²) in [5.41, 5.74) is 3.50. The van der Waals surface area contributed by atoms with Crippen LogP contribution in [0.1, 0.15) is 29.3 Å². The summed E-state index contributed by atoms with van der Waals surface area (Å²) in [6.07, 6.45) is 3.45. The summed E-state index contributed by atoms with van der Waals surface area (Å²) >= 11 is 1.50. The quantitative estimate of drug-likeness (QED) is 0.177. The Bertz CT molecular complexity index is 1580. The van der Waals surface area contributed by atoms with Gasteiger partial charge in [-0.1, -0.05) is 13.0 Å². The molecule has 0 saturated carbocycles. The number of ketones is 1. The largest absolute Gasteiger partial charge is 0.345 e. The Kier molecular flexibility index (Phi) is 6.01. The molecule has 0 amide bonds. The van der Waals surface area contributed by atoms with E-state index in [4.69, 9.17) is 0 Å². The summed E-state index contributed by atoms with van der Waals surface area (Å²) in [7, 11) is -3.34. The van der Waals surface area contributed by atoms with E-state index in [1.54, 1.807) is 24.7 Å². The van der Waals surface area contributed by atoms with Crippen LogP contribution < -0.4 is 4.72 Å². The van der Waals surface area contributed by atoms with Gasteiger partial charge in [0.15, 0.2) is 5.82 Å². The molecule has 0 aliphatic carbocycles. The number of nitrogens with zero attached hydrogens (tertiary/aromatic N) is 2. The van der Waals surface area contributed by atoms with Crippen LogP contribution in [0.5, 0.6) is 0 Å². The van der Waals surface area contributed by atoms with Gasteiger partial charge in [-0.3, -0.25) is 18.6 Å². The number of H-pyrrole nitrogens is 1. The molecule has 0 aliphatic heterocycles. The molecule has 7 nitrogen and oxygen atoms in total. The smallest absolute Gasteiger partial charge is 0.201 e. The van der Waals surface area contributed by atoms with Gasteiger partial charge in [-0.25, -0.2) is 18.7 Å². The Morgan fingerprint density at radius 2 is 1.97 bits per heavy atom. The van der Waals surface area contributed by atoms with Crippen molar-refractivity contribution in [1.82, 2.24) is 15.0 Å². The van der Waals surface area contributed by atoms with Gasteiger partial charge in [-0.2, -0.15) is 0 Å². The summed E-state index contributed by atoms with van der Waals surface area (Å²) in [4.78, 5) is 24.8. The van der Waals surface area contributed by atoms with E-state index in [0.717, 1.165) is 33.5 Å². The van der Waals surface area contributed by atoms with Gasteiger partial charge in [-0.15, -0.1) is 22.1 Å². The first kappa shape index (κ1) is 23.4. The van der Waals surface area contributed by atoms with Crippen LogP contribution in [-0.2, 0) is 0 Å². The lowest BCUT2D eigenvalue weighted by atomic mass is 10.00. The Morgan fingerprint density at radius 1 is 1.14 bits per heavy atom. The zero-order chi connectivity index (χ0) is 24.7. The van der Waals surface area contributed by atoms with Crippen molar-refractivity contribution in [3.8, 4) is 11.1 Å². The molecule has 0 radical (unpaired) electrons. The van der Waals surface area contributed by atoms with E-state index in [0.29, 0.717) is 17.5 Å². The topological polar surface area (TPSA) is 111 Å². The second-order valence-corrected chi connectivity index (χ2v) is 10.8. The maximum Gasteiger partial charge on any atom is 0.201 e. The van der Waals surface area contributed by atoms with Gasteiger partial charge in [0.1, 0.15) is 11.5 Å². The molecule has 5 aromatic rings. The van der Waals surface area contributed by atoms with Gasteiger partial charge in [0.2, 0.25) is 5.78 Å². The predicted molar refractivity (Wildman–Crippen MR) is 136 cm³/mol. The van der Waals surface area contributed by atoms with Crippen molar-refractivity contribution >= 4 is 54.8 Å². The number of pyridine rings is 1. The van der Waals surface area contributed by atoms with Crippen LogP contribution >= 0.6 is 22.1 Å². The summed E-state index contributed by atoms with van der Waals surface area (Å²) < 4.78 is 53.4. The van der Waals surface area contributed by atoms with Crippen molar-refractivity contribution in [3.05, 3.63) is 77.1 Å². The minimum atomic E-state index is -3.34. The van der Waals surface area contributed by atoms with Crippen LogP contribution in [0.2, 0.25) is 0 Å². The third-order valence-corrected chi connectivity index (χ3v) is 7.84. The molecule has 5 rings (SSSR count). The highest BCUT2D eigenvalue weighted by atomic mass is 32.3. The number of aromatic nitrogens is 3.